The van der Waals surface area contributed by atoms with Gasteiger partial charge in [0.15, 0.2) is 0 Å². The van der Waals surface area contributed by atoms with Crippen molar-refractivity contribution in [3.63, 3.8) is 0 Å². The number of carbonyl (C=O) groups is 2. The number of pyridine rings is 1. The van der Waals surface area contributed by atoms with Gasteiger partial charge in [0.05, 0.1) is 11.6 Å². The van der Waals surface area contributed by atoms with E-state index >= 15 is 0 Å². The maximum absolute atomic E-state index is 12.6. The van der Waals surface area contributed by atoms with Crippen molar-refractivity contribution in [1.82, 2.24) is 20.1 Å². The van der Waals surface area contributed by atoms with Crippen LogP contribution < -0.4 is 10.1 Å². The fourth-order valence-corrected chi connectivity index (χ4v) is 3.13. The maximum atomic E-state index is 12.6. The molecule has 0 spiro atoms. The van der Waals surface area contributed by atoms with Crippen molar-refractivity contribution in [2.24, 2.45) is 0 Å². The average molecular weight is 403 g/mol. The number of hydrogen-bond acceptors (Lipinski definition) is 5. The van der Waals surface area contributed by atoms with Gasteiger partial charge in [0, 0.05) is 32.4 Å². The summed E-state index contributed by atoms with van der Waals surface area (Å²) in [5.74, 6) is 0.0227. The number of nitrogens with zero attached hydrogens (tertiary/aromatic N) is 3. The molecule has 0 radical (unpaired) electrons. The fourth-order valence-electron chi connectivity index (χ4n) is 2.86. The van der Waals surface area contributed by atoms with Crippen molar-refractivity contribution >= 4 is 23.4 Å². The summed E-state index contributed by atoms with van der Waals surface area (Å²) in [6.45, 7) is 4.85. The SMILES string of the molecule is Cc1ccc(Oc2ncccc2C(=O)NCC(=O)N2CCN(C)CC2)c(Cl)c1. The van der Waals surface area contributed by atoms with Gasteiger partial charge >= 0.3 is 0 Å². The molecule has 7 nitrogen and oxygen atoms in total. The zero-order chi connectivity index (χ0) is 20.1. The third-order valence-corrected chi connectivity index (χ3v) is 4.86. The molecule has 0 atom stereocenters. The number of benzene rings is 1. The monoisotopic (exact) mass is 402 g/mol. The van der Waals surface area contributed by atoms with E-state index in [4.69, 9.17) is 16.3 Å². The number of aryl methyl sites for hydroxylation is 1. The van der Waals surface area contributed by atoms with Gasteiger partial charge in [0.2, 0.25) is 11.8 Å². The van der Waals surface area contributed by atoms with Crippen LogP contribution in [-0.2, 0) is 4.79 Å². The van der Waals surface area contributed by atoms with Crippen molar-refractivity contribution in [2.45, 2.75) is 6.92 Å². The maximum Gasteiger partial charge on any atom is 0.257 e. The largest absolute Gasteiger partial charge is 0.437 e. The van der Waals surface area contributed by atoms with Crippen molar-refractivity contribution in [2.75, 3.05) is 39.8 Å². The van der Waals surface area contributed by atoms with Crippen LogP contribution >= 0.6 is 11.6 Å². The molecule has 1 aliphatic rings. The lowest BCUT2D eigenvalue weighted by atomic mass is 10.2. The van der Waals surface area contributed by atoms with Crippen LogP contribution in [0.15, 0.2) is 36.5 Å². The van der Waals surface area contributed by atoms with Crippen LogP contribution in [0.4, 0.5) is 0 Å². The van der Waals surface area contributed by atoms with Crippen LogP contribution in [0.2, 0.25) is 5.02 Å². The minimum Gasteiger partial charge on any atom is -0.437 e. The lowest BCUT2D eigenvalue weighted by molar-refractivity contribution is -0.131. The zero-order valence-corrected chi connectivity index (χ0v) is 16.7. The van der Waals surface area contributed by atoms with E-state index in [0.717, 1.165) is 18.7 Å². The standard InChI is InChI=1S/C20H23ClN4O3/c1-14-5-6-17(16(21)12-14)28-20-15(4-3-7-22-20)19(27)23-13-18(26)25-10-8-24(2)9-11-25/h3-7,12H,8-11,13H2,1-2H3,(H,23,27). The Bertz CT molecular complexity index is 866. The van der Waals surface area contributed by atoms with Crippen LogP contribution in [0, 0.1) is 6.92 Å². The molecule has 0 saturated carbocycles. The molecule has 2 amide bonds. The first-order valence-electron chi connectivity index (χ1n) is 9.07. The summed E-state index contributed by atoms with van der Waals surface area (Å²) in [5, 5.41) is 3.09. The number of amides is 2. The molecule has 148 valence electrons. The highest BCUT2D eigenvalue weighted by Gasteiger charge is 2.21. The van der Waals surface area contributed by atoms with Crippen LogP contribution in [0.1, 0.15) is 15.9 Å². The molecule has 2 heterocycles. The quantitative estimate of drug-likeness (QED) is 0.830. The number of piperazine rings is 1. The van der Waals surface area contributed by atoms with Gasteiger partial charge in [-0.3, -0.25) is 9.59 Å². The Morgan fingerprint density at radius 1 is 1.21 bits per heavy atom. The molecule has 0 unspecified atom stereocenters. The van der Waals surface area contributed by atoms with Gasteiger partial charge in [0.25, 0.3) is 5.91 Å². The second-order valence-electron chi connectivity index (χ2n) is 6.76. The second-order valence-corrected chi connectivity index (χ2v) is 7.17. The number of carbonyl (C=O) groups excluding carboxylic acids is 2. The number of ether oxygens (including phenoxy) is 1. The zero-order valence-electron chi connectivity index (χ0n) is 15.9. The smallest absolute Gasteiger partial charge is 0.257 e. The molecule has 1 aromatic heterocycles. The molecule has 1 aromatic carbocycles. The van der Waals surface area contributed by atoms with Crippen molar-refractivity contribution in [3.8, 4) is 11.6 Å². The topological polar surface area (TPSA) is 74.8 Å². The van der Waals surface area contributed by atoms with E-state index in [1.54, 1.807) is 29.2 Å². The summed E-state index contributed by atoms with van der Waals surface area (Å²) in [6, 6.07) is 8.60. The molecule has 1 fully saturated rings. The van der Waals surface area contributed by atoms with Crippen LogP contribution in [0.5, 0.6) is 11.6 Å². The number of likely N-dealkylation sites (N-methyl/N-ethyl adjacent to an activating group) is 1. The molecule has 8 heteroatoms. The Morgan fingerprint density at radius 3 is 2.68 bits per heavy atom. The first kappa shape index (κ1) is 20.1. The summed E-state index contributed by atoms with van der Waals surface area (Å²) in [7, 11) is 2.02. The minimum atomic E-state index is -0.422. The Morgan fingerprint density at radius 2 is 1.96 bits per heavy atom. The Kier molecular flexibility index (Phi) is 6.49. The molecule has 2 aromatic rings. The summed E-state index contributed by atoms with van der Waals surface area (Å²) in [5.41, 5.74) is 1.24. The predicted molar refractivity (Wildman–Crippen MR) is 107 cm³/mol. The normalized spacial score (nSPS) is 14.6. The van der Waals surface area contributed by atoms with E-state index in [2.05, 4.69) is 15.2 Å². The van der Waals surface area contributed by atoms with Crippen molar-refractivity contribution in [3.05, 3.63) is 52.7 Å². The van der Waals surface area contributed by atoms with Gasteiger partial charge in [-0.15, -0.1) is 0 Å². The van der Waals surface area contributed by atoms with Gasteiger partial charge in [-0.05, 0) is 43.8 Å². The Balaban J connectivity index is 1.65. The number of nitrogens with one attached hydrogen (secondary N) is 1. The van der Waals surface area contributed by atoms with Crippen molar-refractivity contribution < 1.29 is 14.3 Å². The summed E-state index contributed by atoms with van der Waals surface area (Å²) in [4.78, 5) is 33.0. The van der Waals surface area contributed by atoms with Crippen LogP contribution in [-0.4, -0.2) is 66.4 Å². The minimum absolute atomic E-state index is 0.0673. The number of halogens is 1. The second kappa shape index (κ2) is 9.03. The van der Waals surface area contributed by atoms with Gasteiger partial charge < -0.3 is 19.9 Å². The van der Waals surface area contributed by atoms with Crippen LogP contribution in [0.3, 0.4) is 0 Å². The van der Waals surface area contributed by atoms with Gasteiger partial charge in [0.1, 0.15) is 11.3 Å². The van der Waals surface area contributed by atoms with Crippen molar-refractivity contribution in [1.29, 1.82) is 0 Å². The Labute approximate surface area is 169 Å². The first-order chi connectivity index (χ1) is 13.4. The fraction of sp³-hybridized carbons (Fsp3) is 0.350. The van der Waals surface area contributed by atoms with Gasteiger partial charge in [-0.2, -0.15) is 0 Å². The highest BCUT2D eigenvalue weighted by Crippen LogP contribution is 2.30. The van der Waals surface area contributed by atoms with E-state index in [0.29, 0.717) is 23.9 Å². The molecule has 0 aliphatic carbocycles. The summed E-state index contributed by atoms with van der Waals surface area (Å²) in [6.07, 6.45) is 1.53. The van der Waals surface area contributed by atoms with E-state index < -0.39 is 5.91 Å². The molecule has 3 rings (SSSR count). The number of aromatic nitrogens is 1. The average Bonchev–Trinajstić information content (AvgIpc) is 2.69. The number of hydrogen-bond donors (Lipinski definition) is 1. The molecule has 1 saturated heterocycles. The summed E-state index contributed by atoms with van der Waals surface area (Å²) >= 11 is 6.20. The molecule has 1 N–H and O–H groups in total. The first-order valence-corrected chi connectivity index (χ1v) is 9.45. The lowest BCUT2D eigenvalue weighted by Crippen LogP contribution is -2.50. The van der Waals surface area contributed by atoms with E-state index in [9.17, 15) is 9.59 Å². The Hall–Kier alpha value is -2.64. The molecule has 0 bridgehead atoms. The molecular formula is C20H23ClN4O3. The van der Waals surface area contributed by atoms with Gasteiger partial charge in [-0.25, -0.2) is 4.98 Å². The molecule has 1 aliphatic heterocycles. The van der Waals surface area contributed by atoms with E-state index in [1.807, 2.05) is 20.0 Å². The number of rotatable bonds is 5. The van der Waals surface area contributed by atoms with Crippen LogP contribution in [0.25, 0.3) is 0 Å². The lowest BCUT2D eigenvalue weighted by Gasteiger charge is -2.32. The van der Waals surface area contributed by atoms with E-state index in [-0.39, 0.29) is 23.9 Å². The predicted octanol–water partition coefficient (Wildman–Crippen LogP) is 2.34. The van der Waals surface area contributed by atoms with E-state index in [1.165, 1.54) is 6.20 Å². The van der Waals surface area contributed by atoms with Gasteiger partial charge in [-0.1, -0.05) is 17.7 Å². The highest BCUT2D eigenvalue weighted by atomic mass is 35.5. The third kappa shape index (κ3) is 4.99. The molecular weight excluding hydrogens is 380 g/mol. The third-order valence-electron chi connectivity index (χ3n) is 4.57. The summed E-state index contributed by atoms with van der Waals surface area (Å²) < 4.78 is 5.75. The molecule has 28 heavy (non-hydrogen) atoms. The highest BCUT2D eigenvalue weighted by molar-refractivity contribution is 6.32.